The predicted molar refractivity (Wildman–Crippen MR) is 60.1 cm³/mol. The largest absolute Gasteiger partial charge is 0.312 e. The third kappa shape index (κ3) is 1.20. The second-order valence-corrected chi connectivity index (χ2v) is 4.62. The lowest BCUT2D eigenvalue weighted by Gasteiger charge is -2.17. The molecule has 1 aromatic rings. The molecule has 0 spiro atoms. The molecule has 0 unspecified atom stereocenters. The zero-order valence-electron chi connectivity index (χ0n) is 9.35. The number of benzene rings is 1. The summed E-state index contributed by atoms with van der Waals surface area (Å²) < 4.78 is 13.7. The third-order valence-electron chi connectivity index (χ3n) is 3.70. The molecule has 3 rings (SSSR count). The fraction of sp³-hybridized carbons (Fsp3) is 0.462. The quantitative estimate of drug-likeness (QED) is 0.656. The lowest BCUT2D eigenvalue weighted by atomic mass is 9.99. The van der Waals surface area contributed by atoms with E-state index < -0.39 is 0 Å². The van der Waals surface area contributed by atoms with Crippen LogP contribution in [0.2, 0.25) is 0 Å². The Bertz CT molecular complexity index is 481. The number of rotatable bonds is 0. The van der Waals surface area contributed by atoms with E-state index in [9.17, 15) is 9.18 Å². The molecule has 3 heteroatoms. The Balaban J connectivity index is 2.26. The number of carbonyl (C=O) groups excluding carboxylic acids is 1. The minimum absolute atomic E-state index is 0.120. The predicted octanol–water partition coefficient (Wildman–Crippen LogP) is 2.36. The van der Waals surface area contributed by atoms with Gasteiger partial charge in [0, 0.05) is 13.0 Å². The maximum Gasteiger partial charge on any atom is 0.227 e. The van der Waals surface area contributed by atoms with Crippen molar-refractivity contribution in [1.82, 2.24) is 0 Å². The van der Waals surface area contributed by atoms with Crippen molar-refractivity contribution in [2.75, 3.05) is 11.4 Å². The summed E-state index contributed by atoms with van der Waals surface area (Å²) in [7, 11) is 0. The first-order chi connectivity index (χ1) is 7.68. The number of nitrogens with zero attached hydrogens (tertiary/aromatic N) is 1. The molecule has 1 aromatic carbocycles. The number of amides is 1. The highest BCUT2D eigenvalue weighted by atomic mass is 19.1. The number of hydrogen-bond acceptors (Lipinski definition) is 1. The first-order valence-corrected chi connectivity index (χ1v) is 5.79. The van der Waals surface area contributed by atoms with Gasteiger partial charge in [-0.3, -0.25) is 4.79 Å². The van der Waals surface area contributed by atoms with Crippen LogP contribution in [-0.4, -0.2) is 12.5 Å². The zero-order chi connectivity index (χ0) is 11.3. The standard InChI is InChI=1S/C13H14FNO/c1-8-10-5-6-15-12(16)4-2-3-9(13(10)15)7-11(8)14/h7H,2-6H2,1H3. The second kappa shape index (κ2) is 3.30. The van der Waals surface area contributed by atoms with Crippen LogP contribution in [0.3, 0.4) is 0 Å². The molecule has 0 bridgehead atoms. The Morgan fingerprint density at radius 1 is 1.31 bits per heavy atom. The van der Waals surface area contributed by atoms with E-state index in [4.69, 9.17) is 0 Å². The van der Waals surface area contributed by atoms with Gasteiger partial charge in [-0.15, -0.1) is 0 Å². The molecule has 0 saturated carbocycles. The van der Waals surface area contributed by atoms with Crippen LogP contribution >= 0.6 is 0 Å². The molecular weight excluding hydrogens is 205 g/mol. The van der Waals surface area contributed by atoms with Gasteiger partial charge >= 0.3 is 0 Å². The zero-order valence-corrected chi connectivity index (χ0v) is 9.35. The van der Waals surface area contributed by atoms with Gasteiger partial charge in [0.05, 0.1) is 5.69 Å². The maximum absolute atomic E-state index is 13.7. The molecule has 16 heavy (non-hydrogen) atoms. The average Bonchev–Trinajstić information content (AvgIpc) is 2.63. The Morgan fingerprint density at radius 3 is 2.94 bits per heavy atom. The summed E-state index contributed by atoms with van der Waals surface area (Å²) in [5.74, 6) is 0.0773. The lowest BCUT2D eigenvalue weighted by molar-refractivity contribution is -0.118. The summed E-state index contributed by atoms with van der Waals surface area (Å²) in [5, 5.41) is 0. The minimum Gasteiger partial charge on any atom is -0.312 e. The van der Waals surface area contributed by atoms with Crippen molar-refractivity contribution >= 4 is 11.6 Å². The van der Waals surface area contributed by atoms with Crippen molar-refractivity contribution in [3.8, 4) is 0 Å². The molecule has 84 valence electrons. The number of halogens is 1. The average molecular weight is 219 g/mol. The molecule has 2 aliphatic heterocycles. The van der Waals surface area contributed by atoms with Gasteiger partial charge < -0.3 is 4.90 Å². The minimum atomic E-state index is -0.120. The van der Waals surface area contributed by atoms with E-state index in [0.29, 0.717) is 6.42 Å². The highest BCUT2D eigenvalue weighted by molar-refractivity contribution is 5.97. The van der Waals surface area contributed by atoms with Crippen molar-refractivity contribution < 1.29 is 9.18 Å². The molecule has 0 atom stereocenters. The van der Waals surface area contributed by atoms with E-state index in [-0.39, 0.29) is 11.7 Å². The van der Waals surface area contributed by atoms with E-state index in [1.165, 1.54) is 0 Å². The fourth-order valence-electron chi connectivity index (χ4n) is 2.83. The summed E-state index contributed by atoms with van der Waals surface area (Å²) in [6.45, 7) is 2.54. The molecular formula is C13H14FNO. The molecule has 2 aliphatic rings. The lowest BCUT2D eigenvalue weighted by Crippen LogP contribution is -2.27. The van der Waals surface area contributed by atoms with E-state index in [2.05, 4.69) is 0 Å². The molecule has 0 saturated heterocycles. The number of anilines is 1. The van der Waals surface area contributed by atoms with Crippen molar-refractivity contribution in [2.45, 2.75) is 32.6 Å². The molecule has 0 fully saturated rings. The van der Waals surface area contributed by atoms with Crippen molar-refractivity contribution in [1.29, 1.82) is 0 Å². The third-order valence-corrected chi connectivity index (χ3v) is 3.70. The molecule has 1 amide bonds. The molecule has 0 aliphatic carbocycles. The van der Waals surface area contributed by atoms with Crippen molar-refractivity contribution in [3.05, 3.63) is 28.6 Å². The fourth-order valence-corrected chi connectivity index (χ4v) is 2.83. The van der Waals surface area contributed by atoms with Crippen LogP contribution in [0.1, 0.15) is 29.5 Å². The Hall–Kier alpha value is -1.38. The van der Waals surface area contributed by atoms with Crippen molar-refractivity contribution in [2.24, 2.45) is 0 Å². The molecule has 0 aromatic heterocycles. The summed E-state index contributed by atoms with van der Waals surface area (Å²) in [6, 6.07) is 1.62. The van der Waals surface area contributed by atoms with E-state index in [1.54, 1.807) is 6.07 Å². The van der Waals surface area contributed by atoms with Crippen LogP contribution < -0.4 is 4.90 Å². The van der Waals surface area contributed by atoms with Crippen LogP contribution in [0, 0.1) is 12.7 Å². The molecule has 2 nitrogen and oxygen atoms in total. The van der Waals surface area contributed by atoms with E-state index >= 15 is 0 Å². The molecule has 0 radical (unpaired) electrons. The smallest absolute Gasteiger partial charge is 0.227 e. The number of carbonyl (C=O) groups is 1. The number of aryl methyl sites for hydroxylation is 1. The van der Waals surface area contributed by atoms with Crippen LogP contribution in [0.4, 0.5) is 10.1 Å². The first-order valence-electron chi connectivity index (χ1n) is 5.79. The van der Waals surface area contributed by atoms with Crippen molar-refractivity contribution in [3.63, 3.8) is 0 Å². The molecule has 0 N–H and O–H groups in total. The first kappa shape index (κ1) is 9.82. The van der Waals surface area contributed by atoms with Gasteiger partial charge in [-0.1, -0.05) is 0 Å². The van der Waals surface area contributed by atoms with Gasteiger partial charge in [0.1, 0.15) is 5.82 Å². The second-order valence-electron chi connectivity index (χ2n) is 4.62. The number of hydrogen-bond donors (Lipinski definition) is 0. The van der Waals surface area contributed by atoms with Gasteiger partial charge in [-0.25, -0.2) is 4.39 Å². The summed E-state index contributed by atoms with van der Waals surface area (Å²) >= 11 is 0. The maximum atomic E-state index is 13.7. The Labute approximate surface area is 94.1 Å². The monoisotopic (exact) mass is 219 g/mol. The summed E-state index contributed by atoms with van der Waals surface area (Å²) in [6.07, 6.45) is 3.05. The van der Waals surface area contributed by atoms with E-state index in [0.717, 1.165) is 48.2 Å². The summed E-state index contributed by atoms with van der Waals surface area (Å²) in [4.78, 5) is 13.7. The SMILES string of the molecule is Cc1c(F)cc2c3c1CCN3C(=O)CCC2. The van der Waals surface area contributed by atoms with Gasteiger partial charge in [-0.05, 0) is 48.9 Å². The highest BCUT2D eigenvalue weighted by Crippen LogP contribution is 2.38. The van der Waals surface area contributed by atoms with Crippen LogP contribution in [-0.2, 0) is 17.6 Å². The normalized spacial score (nSPS) is 18.6. The van der Waals surface area contributed by atoms with Gasteiger partial charge in [0.15, 0.2) is 0 Å². The van der Waals surface area contributed by atoms with Crippen LogP contribution in [0.15, 0.2) is 6.07 Å². The topological polar surface area (TPSA) is 20.3 Å². The Morgan fingerprint density at radius 2 is 2.12 bits per heavy atom. The summed E-state index contributed by atoms with van der Waals surface area (Å²) in [5.41, 5.74) is 3.80. The van der Waals surface area contributed by atoms with Crippen LogP contribution in [0.5, 0.6) is 0 Å². The highest BCUT2D eigenvalue weighted by Gasteiger charge is 2.31. The van der Waals surface area contributed by atoms with Gasteiger partial charge in [0.2, 0.25) is 5.91 Å². The molecule has 2 heterocycles. The van der Waals surface area contributed by atoms with Crippen LogP contribution in [0.25, 0.3) is 0 Å². The van der Waals surface area contributed by atoms with E-state index in [1.807, 2.05) is 11.8 Å². The van der Waals surface area contributed by atoms with Gasteiger partial charge in [0.25, 0.3) is 0 Å². The Kier molecular flexibility index (Phi) is 2.03. The van der Waals surface area contributed by atoms with Gasteiger partial charge in [-0.2, -0.15) is 0 Å².